The van der Waals surface area contributed by atoms with Gasteiger partial charge in [0.2, 0.25) is 0 Å². The fourth-order valence-corrected chi connectivity index (χ4v) is 2.20. The molecule has 0 unspecified atom stereocenters. The summed E-state index contributed by atoms with van der Waals surface area (Å²) in [4.78, 5) is 16.2. The molecule has 6 heteroatoms. The molecule has 2 rings (SSSR count). The second-order valence-corrected chi connectivity index (χ2v) is 6.44. The Hall–Kier alpha value is -1.78. The van der Waals surface area contributed by atoms with Gasteiger partial charge in [-0.2, -0.15) is 0 Å². The number of anilines is 2. The molecule has 0 atom stereocenters. The SMILES string of the molecule is CC(C)CCNC(=O)c1ccc(Nc2ccc(Cl)c(Cl)c2)nc1. The summed E-state index contributed by atoms with van der Waals surface area (Å²) in [5, 5.41) is 6.96. The van der Waals surface area contributed by atoms with Gasteiger partial charge in [-0.05, 0) is 42.7 Å². The number of rotatable bonds is 6. The molecule has 122 valence electrons. The first-order valence-electron chi connectivity index (χ1n) is 7.42. The van der Waals surface area contributed by atoms with E-state index < -0.39 is 0 Å². The van der Waals surface area contributed by atoms with Crippen molar-refractivity contribution in [3.05, 3.63) is 52.1 Å². The summed E-state index contributed by atoms with van der Waals surface area (Å²) in [6, 6.07) is 8.72. The minimum Gasteiger partial charge on any atom is -0.352 e. The van der Waals surface area contributed by atoms with Crippen molar-refractivity contribution in [3.63, 3.8) is 0 Å². The first kappa shape index (κ1) is 17.6. The van der Waals surface area contributed by atoms with Gasteiger partial charge in [0.25, 0.3) is 5.91 Å². The molecule has 1 aromatic heterocycles. The van der Waals surface area contributed by atoms with E-state index >= 15 is 0 Å². The Balaban J connectivity index is 1.96. The lowest BCUT2D eigenvalue weighted by molar-refractivity contribution is 0.0951. The van der Waals surface area contributed by atoms with Crippen LogP contribution in [0, 0.1) is 5.92 Å². The second-order valence-electron chi connectivity index (χ2n) is 5.62. The van der Waals surface area contributed by atoms with Crippen molar-refractivity contribution in [3.8, 4) is 0 Å². The molecule has 2 aromatic rings. The van der Waals surface area contributed by atoms with E-state index in [2.05, 4.69) is 29.5 Å². The van der Waals surface area contributed by atoms with Crippen LogP contribution in [-0.2, 0) is 0 Å². The number of carbonyl (C=O) groups excluding carboxylic acids is 1. The van der Waals surface area contributed by atoms with E-state index in [4.69, 9.17) is 23.2 Å². The van der Waals surface area contributed by atoms with Gasteiger partial charge in [0.05, 0.1) is 15.6 Å². The maximum absolute atomic E-state index is 12.0. The van der Waals surface area contributed by atoms with Gasteiger partial charge in [0.15, 0.2) is 0 Å². The maximum atomic E-state index is 12.0. The third-order valence-electron chi connectivity index (χ3n) is 3.22. The lowest BCUT2D eigenvalue weighted by Crippen LogP contribution is -2.25. The van der Waals surface area contributed by atoms with Crippen LogP contribution >= 0.6 is 23.2 Å². The largest absolute Gasteiger partial charge is 0.352 e. The molecule has 0 aliphatic heterocycles. The number of pyridine rings is 1. The summed E-state index contributed by atoms with van der Waals surface area (Å²) in [5.41, 5.74) is 1.31. The van der Waals surface area contributed by atoms with Crippen LogP contribution in [0.2, 0.25) is 10.0 Å². The number of hydrogen-bond acceptors (Lipinski definition) is 3. The minimum atomic E-state index is -0.112. The van der Waals surface area contributed by atoms with E-state index in [9.17, 15) is 4.79 Å². The molecule has 1 heterocycles. The molecule has 0 aliphatic carbocycles. The number of hydrogen-bond donors (Lipinski definition) is 2. The average molecular weight is 352 g/mol. The number of halogens is 2. The molecule has 0 aliphatic rings. The zero-order valence-electron chi connectivity index (χ0n) is 13.1. The van der Waals surface area contributed by atoms with Crippen LogP contribution in [0.1, 0.15) is 30.6 Å². The number of nitrogens with zero attached hydrogens (tertiary/aromatic N) is 1. The van der Waals surface area contributed by atoms with Crippen molar-refractivity contribution in [1.82, 2.24) is 10.3 Å². The van der Waals surface area contributed by atoms with Gasteiger partial charge in [0, 0.05) is 18.4 Å². The molecule has 0 radical (unpaired) electrons. The van der Waals surface area contributed by atoms with Crippen LogP contribution in [0.15, 0.2) is 36.5 Å². The Kier molecular flexibility index (Phi) is 6.25. The standard InChI is InChI=1S/C17H19Cl2N3O/c1-11(2)7-8-20-17(23)12-3-6-16(21-10-12)22-13-4-5-14(18)15(19)9-13/h3-6,9-11H,7-8H2,1-2H3,(H,20,23)(H,21,22). The normalized spacial score (nSPS) is 10.7. The monoisotopic (exact) mass is 351 g/mol. The number of aromatic nitrogens is 1. The summed E-state index contributed by atoms with van der Waals surface area (Å²) in [6.07, 6.45) is 2.50. The fraction of sp³-hybridized carbons (Fsp3) is 0.294. The van der Waals surface area contributed by atoms with Crippen molar-refractivity contribution in [2.24, 2.45) is 5.92 Å². The number of benzene rings is 1. The van der Waals surface area contributed by atoms with Gasteiger partial charge in [-0.1, -0.05) is 37.0 Å². The molecule has 1 aromatic carbocycles. The maximum Gasteiger partial charge on any atom is 0.252 e. The van der Waals surface area contributed by atoms with Crippen LogP contribution in [0.25, 0.3) is 0 Å². The van der Waals surface area contributed by atoms with Gasteiger partial charge >= 0.3 is 0 Å². The Labute approximate surface area is 146 Å². The molecule has 0 saturated heterocycles. The molecular formula is C17H19Cl2N3O. The first-order valence-corrected chi connectivity index (χ1v) is 8.17. The number of nitrogens with one attached hydrogen (secondary N) is 2. The van der Waals surface area contributed by atoms with Gasteiger partial charge in [-0.3, -0.25) is 4.79 Å². The van der Waals surface area contributed by atoms with Crippen molar-refractivity contribution in [1.29, 1.82) is 0 Å². The van der Waals surface area contributed by atoms with Gasteiger partial charge in [-0.25, -0.2) is 4.98 Å². The van der Waals surface area contributed by atoms with Crippen LogP contribution in [0.5, 0.6) is 0 Å². The van der Waals surface area contributed by atoms with E-state index in [0.717, 1.165) is 12.1 Å². The molecule has 1 amide bonds. The van der Waals surface area contributed by atoms with Gasteiger partial charge in [0.1, 0.15) is 5.82 Å². The fourth-order valence-electron chi connectivity index (χ4n) is 1.90. The first-order chi connectivity index (χ1) is 11.0. The summed E-state index contributed by atoms with van der Waals surface area (Å²) < 4.78 is 0. The lowest BCUT2D eigenvalue weighted by atomic mass is 10.1. The highest BCUT2D eigenvalue weighted by Gasteiger charge is 2.07. The van der Waals surface area contributed by atoms with E-state index in [1.165, 1.54) is 0 Å². The van der Waals surface area contributed by atoms with Crippen LogP contribution in [0.4, 0.5) is 11.5 Å². The second kappa shape index (κ2) is 8.18. The third-order valence-corrected chi connectivity index (χ3v) is 3.96. The van der Waals surface area contributed by atoms with Crippen molar-refractivity contribution < 1.29 is 4.79 Å². The minimum absolute atomic E-state index is 0.112. The van der Waals surface area contributed by atoms with E-state index in [-0.39, 0.29) is 5.91 Å². The van der Waals surface area contributed by atoms with Crippen molar-refractivity contribution in [2.45, 2.75) is 20.3 Å². The smallest absolute Gasteiger partial charge is 0.252 e. The predicted octanol–water partition coefficient (Wildman–Crippen LogP) is 4.91. The molecule has 2 N–H and O–H groups in total. The Morgan fingerprint density at radius 2 is 1.96 bits per heavy atom. The summed E-state index contributed by atoms with van der Waals surface area (Å²) in [6.45, 7) is 4.91. The highest BCUT2D eigenvalue weighted by molar-refractivity contribution is 6.42. The van der Waals surface area contributed by atoms with Crippen molar-refractivity contribution in [2.75, 3.05) is 11.9 Å². The molecule has 4 nitrogen and oxygen atoms in total. The topological polar surface area (TPSA) is 54.0 Å². The van der Waals surface area contributed by atoms with Crippen molar-refractivity contribution >= 4 is 40.6 Å². The molecule has 23 heavy (non-hydrogen) atoms. The Morgan fingerprint density at radius 1 is 1.17 bits per heavy atom. The highest BCUT2D eigenvalue weighted by atomic mass is 35.5. The molecule has 0 spiro atoms. The molecule has 0 fully saturated rings. The Morgan fingerprint density at radius 3 is 2.57 bits per heavy atom. The Bertz CT molecular complexity index is 672. The van der Waals surface area contributed by atoms with E-state index in [0.29, 0.717) is 33.9 Å². The zero-order valence-corrected chi connectivity index (χ0v) is 14.6. The number of amides is 1. The number of carbonyl (C=O) groups is 1. The van der Waals surface area contributed by atoms with Crippen LogP contribution in [-0.4, -0.2) is 17.4 Å². The lowest BCUT2D eigenvalue weighted by Gasteiger charge is -2.09. The average Bonchev–Trinajstić information content (AvgIpc) is 2.51. The summed E-state index contributed by atoms with van der Waals surface area (Å²) >= 11 is 11.9. The zero-order chi connectivity index (χ0) is 16.8. The van der Waals surface area contributed by atoms with E-state index in [1.54, 1.807) is 30.5 Å². The van der Waals surface area contributed by atoms with Gasteiger partial charge < -0.3 is 10.6 Å². The molecular weight excluding hydrogens is 333 g/mol. The molecule has 0 bridgehead atoms. The quantitative estimate of drug-likeness (QED) is 0.777. The predicted molar refractivity (Wildman–Crippen MR) is 95.8 cm³/mol. The third kappa shape index (κ3) is 5.41. The highest BCUT2D eigenvalue weighted by Crippen LogP contribution is 2.26. The molecule has 0 saturated carbocycles. The van der Waals surface area contributed by atoms with Crippen LogP contribution in [0.3, 0.4) is 0 Å². The summed E-state index contributed by atoms with van der Waals surface area (Å²) in [7, 11) is 0. The van der Waals surface area contributed by atoms with Gasteiger partial charge in [-0.15, -0.1) is 0 Å². The van der Waals surface area contributed by atoms with E-state index in [1.807, 2.05) is 6.07 Å². The summed E-state index contributed by atoms with van der Waals surface area (Å²) in [5.74, 6) is 1.08. The van der Waals surface area contributed by atoms with Crippen LogP contribution < -0.4 is 10.6 Å².